The molecule has 2 N–H and O–H groups in total. The lowest BCUT2D eigenvalue weighted by molar-refractivity contribution is 0.299. The largest absolute Gasteiger partial charge is 0.493 e. The van der Waals surface area contributed by atoms with Crippen LogP contribution in [0.2, 0.25) is 0 Å². The van der Waals surface area contributed by atoms with Crippen LogP contribution in [0, 0.1) is 5.92 Å². The third-order valence-electron chi connectivity index (χ3n) is 3.05. The maximum atomic E-state index is 5.87. The van der Waals surface area contributed by atoms with Crippen LogP contribution >= 0.6 is 15.9 Å². The van der Waals surface area contributed by atoms with E-state index in [1.165, 1.54) is 24.8 Å². The average Bonchev–Trinajstić information content (AvgIpc) is 3.04. The van der Waals surface area contributed by atoms with E-state index in [0.717, 1.165) is 29.2 Å². The second kappa shape index (κ2) is 5.87. The van der Waals surface area contributed by atoms with Gasteiger partial charge in [0, 0.05) is 10.5 Å². The van der Waals surface area contributed by atoms with Crippen LogP contribution < -0.4 is 10.5 Å². The smallest absolute Gasteiger partial charge is 0.122 e. The highest BCUT2D eigenvalue weighted by Crippen LogP contribution is 2.32. The minimum absolute atomic E-state index is 0.162. The number of rotatable bonds is 6. The standard InChI is InChI=1S/C14H20BrNO/c1-10(16)8-12-9-13(15)4-5-14(12)17-7-6-11-2-3-11/h4-5,9-11H,2-3,6-8,16H2,1H3. The first-order valence-electron chi connectivity index (χ1n) is 6.32. The quantitative estimate of drug-likeness (QED) is 0.872. The SMILES string of the molecule is CC(N)Cc1cc(Br)ccc1OCCC1CC1. The molecule has 1 saturated carbocycles. The molecule has 17 heavy (non-hydrogen) atoms. The van der Waals surface area contributed by atoms with Crippen LogP contribution in [0.1, 0.15) is 31.7 Å². The number of hydrogen-bond donors (Lipinski definition) is 1. The van der Waals surface area contributed by atoms with E-state index in [1.807, 2.05) is 19.1 Å². The van der Waals surface area contributed by atoms with Crippen LogP contribution in [0.5, 0.6) is 5.75 Å². The van der Waals surface area contributed by atoms with Crippen LogP contribution in [-0.4, -0.2) is 12.6 Å². The van der Waals surface area contributed by atoms with Gasteiger partial charge in [0.2, 0.25) is 0 Å². The van der Waals surface area contributed by atoms with Gasteiger partial charge in [-0.05, 0) is 49.4 Å². The minimum atomic E-state index is 0.162. The topological polar surface area (TPSA) is 35.2 Å². The molecule has 1 unspecified atom stereocenters. The lowest BCUT2D eigenvalue weighted by Gasteiger charge is -2.13. The summed E-state index contributed by atoms with van der Waals surface area (Å²) < 4.78 is 6.95. The predicted molar refractivity (Wildman–Crippen MR) is 74.3 cm³/mol. The van der Waals surface area contributed by atoms with Crippen molar-refractivity contribution in [3.63, 3.8) is 0 Å². The van der Waals surface area contributed by atoms with Crippen molar-refractivity contribution in [1.82, 2.24) is 0 Å². The normalized spacial score (nSPS) is 16.9. The summed E-state index contributed by atoms with van der Waals surface area (Å²) in [7, 11) is 0. The van der Waals surface area contributed by atoms with Gasteiger partial charge in [0.1, 0.15) is 5.75 Å². The van der Waals surface area contributed by atoms with Gasteiger partial charge in [-0.1, -0.05) is 28.8 Å². The fraction of sp³-hybridized carbons (Fsp3) is 0.571. The van der Waals surface area contributed by atoms with Crippen molar-refractivity contribution >= 4 is 15.9 Å². The summed E-state index contributed by atoms with van der Waals surface area (Å²) in [4.78, 5) is 0. The molecule has 3 heteroatoms. The van der Waals surface area contributed by atoms with E-state index in [9.17, 15) is 0 Å². The van der Waals surface area contributed by atoms with Gasteiger partial charge < -0.3 is 10.5 Å². The zero-order valence-corrected chi connectivity index (χ0v) is 11.9. The molecule has 0 amide bonds. The van der Waals surface area contributed by atoms with Crippen molar-refractivity contribution in [2.75, 3.05) is 6.61 Å². The Morgan fingerprint density at radius 3 is 2.88 bits per heavy atom. The number of hydrogen-bond acceptors (Lipinski definition) is 2. The third kappa shape index (κ3) is 4.32. The molecule has 2 rings (SSSR count). The molecular weight excluding hydrogens is 278 g/mol. The highest BCUT2D eigenvalue weighted by Gasteiger charge is 2.20. The highest BCUT2D eigenvalue weighted by molar-refractivity contribution is 9.10. The first-order chi connectivity index (χ1) is 8.15. The monoisotopic (exact) mass is 297 g/mol. The second-order valence-electron chi connectivity index (χ2n) is 5.01. The number of halogens is 1. The molecule has 1 aromatic rings. The summed E-state index contributed by atoms with van der Waals surface area (Å²) in [5, 5.41) is 0. The van der Waals surface area contributed by atoms with Gasteiger partial charge in [0.25, 0.3) is 0 Å². The molecule has 0 bridgehead atoms. The Hall–Kier alpha value is -0.540. The fourth-order valence-corrected chi connectivity index (χ4v) is 2.35. The molecule has 1 aliphatic carbocycles. The number of ether oxygens (including phenoxy) is 1. The molecule has 2 nitrogen and oxygen atoms in total. The van der Waals surface area contributed by atoms with Crippen LogP contribution in [-0.2, 0) is 6.42 Å². The fourth-order valence-electron chi connectivity index (χ4n) is 1.94. The van der Waals surface area contributed by atoms with E-state index in [4.69, 9.17) is 10.5 Å². The van der Waals surface area contributed by atoms with Crippen molar-refractivity contribution in [3.05, 3.63) is 28.2 Å². The van der Waals surface area contributed by atoms with Crippen LogP contribution in [0.4, 0.5) is 0 Å². The number of benzene rings is 1. The Labute approximate surface area is 112 Å². The molecule has 1 aliphatic rings. The van der Waals surface area contributed by atoms with E-state index >= 15 is 0 Å². The Bertz CT molecular complexity index is 374. The van der Waals surface area contributed by atoms with Crippen molar-refractivity contribution in [3.8, 4) is 5.75 Å². The van der Waals surface area contributed by atoms with Gasteiger partial charge in [-0.15, -0.1) is 0 Å². The molecule has 0 saturated heterocycles. The molecule has 0 spiro atoms. The van der Waals surface area contributed by atoms with E-state index in [2.05, 4.69) is 22.0 Å². The van der Waals surface area contributed by atoms with Gasteiger partial charge >= 0.3 is 0 Å². The summed E-state index contributed by atoms with van der Waals surface area (Å²) in [6.45, 7) is 2.85. The maximum absolute atomic E-state index is 5.87. The number of nitrogens with two attached hydrogens (primary N) is 1. The van der Waals surface area contributed by atoms with E-state index in [1.54, 1.807) is 0 Å². The van der Waals surface area contributed by atoms with Crippen molar-refractivity contribution < 1.29 is 4.74 Å². The molecule has 1 atom stereocenters. The summed E-state index contributed by atoms with van der Waals surface area (Å²) in [5.41, 5.74) is 7.06. The first-order valence-corrected chi connectivity index (χ1v) is 7.11. The summed E-state index contributed by atoms with van der Waals surface area (Å²) in [5.74, 6) is 1.91. The zero-order chi connectivity index (χ0) is 12.3. The summed E-state index contributed by atoms with van der Waals surface area (Å²) in [6, 6.07) is 6.33. The lowest BCUT2D eigenvalue weighted by Crippen LogP contribution is -2.18. The molecular formula is C14H20BrNO. The summed E-state index contributed by atoms with van der Waals surface area (Å²) in [6.07, 6.45) is 4.82. The third-order valence-corrected chi connectivity index (χ3v) is 3.54. The van der Waals surface area contributed by atoms with E-state index in [0.29, 0.717) is 0 Å². The van der Waals surface area contributed by atoms with Gasteiger partial charge in [-0.3, -0.25) is 0 Å². The summed E-state index contributed by atoms with van der Waals surface area (Å²) >= 11 is 3.49. The maximum Gasteiger partial charge on any atom is 0.122 e. The predicted octanol–water partition coefficient (Wildman–Crippen LogP) is 3.52. The first kappa shape index (κ1) is 12.9. The van der Waals surface area contributed by atoms with Crippen LogP contribution in [0.3, 0.4) is 0 Å². The molecule has 0 aliphatic heterocycles. The van der Waals surface area contributed by atoms with Gasteiger partial charge in [-0.25, -0.2) is 0 Å². The van der Waals surface area contributed by atoms with E-state index in [-0.39, 0.29) is 6.04 Å². The lowest BCUT2D eigenvalue weighted by atomic mass is 10.1. The van der Waals surface area contributed by atoms with Crippen LogP contribution in [0.25, 0.3) is 0 Å². The molecule has 0 radical (unpaired) electrons. The minimum Gasteiger partial charge on any atom is -0.493 e. The Morgan fingerprint density at radius 1 is 1.47 bits per heavy atom. The zero-order valence-electron chi connectivity index (χ0n) is 10.3. The molecule has 0 aromatic heterocycles. The molecule has 1 fully saturated rings. The molecule has 1 aromatic carbocycles. The van der Waals surface area contributed by atoms with Crippen LogP contribution in [0.15, 0.2) is 22.7 Å². The average molecular weight is 298 g/mol. The van der Waals surface area contributed by atoms with Crippen molar-refractivity contribution in [2.24, 2.45) is 11.7 Å². The Balaban J connectivity index is 1.96. The van der Waals surface area contributed by atoms with Crippen molar-refractivity contribution in [2.45, 2.75) is 38.6 Å². The second-order valence-corrected chi connectivity index (χ2v) is 5.93. The van der Waals surface area contributed by atoms with Gasteiger partial charge in [-0.2, -0.15) is 0 Å². The Kier molecular flexibility index (Phi) is 4.46. The highest BCUT2D eigenvalue weighted by atomic mass is 79.9. The molecule has 0 heterocycles. The van der Waals surface area contributed by atoms with Gasteiger partial charge in [0.15, 0.2) is 0 Å². The Morgan fingerprint density at radius 2 is 2.24 bits per heavy atom. The molecule has 94 valence electrons. The van der Waals surface area contributed by atoms with E-state index < -0.39 is 0 Å². The van der Waals surface area contributed by atoms with Crippen molar-refractivity contribution in [1.29, 1.82) is 0 Å². The van der Waals surface area contributed by atoms with Gasteiger partial charge in [0.05, 0.1) is 6.61 Å².